The van der Waals surface area contributed by atoms with Gasteiger partial charge in [0.05, 0.1) is 11.1 Å². The topological polar surface area (TPSA) is 83.0 Å². The summed E-state index contributed by atoms with van der Waals surface area (Å²) in [6.45, 7) is 3.97. The van der Waals surface area contributed by atoms with E-state index in [2.05, 4.69) is 55.7 Å². The Kier molecular flexibility index (Phi) is 6.95. The van der Waals surface area contributed by atoms with Crippen molar-refractivity contribution in [3.8, 4) is 0 Å². The number of amides is 1. The summed E-state index contributed by atoms with van der Waals surface area (Å²) in [6, 6.07) is 8.53. The molecule has 0 radical (unpaired) electrons. The summed E-state index contributed by atoms with van der Waals surface area (Å²) >= 11 is 0. The average Bonchev–Trinajstić information content (AvgIpc) is 2.95. The molecule has 1 aromatic carbocycles. The molecule has 1 saturated heterocycles. The largest absolute Gasteiger partial charge is 0.367 e. The number of rotatable bonds is 5. The van der Waals surface area contributed by atoms with Gasteiger partial charge < -0.3 is 15.5 Å². The van der Waals surface area contributed by atoms with Gasteiger partial charge in [-0.25, -0.2) is 14.4 Å². The van der Waals surface area contributed by atoms with Gasteiger partial charge in [-0.05, 0) is 87.7 Å². The Balaban J connectivity index is 0.00000161. The number of fused-ring (bicyclic) bond motifs is 2. The maximum Gasteiger partial charge on any atom is 0.257 e. The summed E-state index contributed by atoms with van der Waals surface area (Å²) in [4.78, 5) is 29.2. The van der Waals surface area contributed by atoms with Gasteiger partial charge in [0.25, 0.3) is 5.91 Å². The molecular formula is C31H39FN6O. The number of aryl methyl sites for hydroxylation is 1. The molecule has 1 aliphatic heterocycles. The standard InChI is InChI=1S/C31H33FN6O.3H2/c1-19-6-8-23(16-27(19)32)37-31(39)21-15-25-24(4-3-5-28(25)33-17-21)20-7-9-29-26(14-20)30(35-18-34-29)36-22-10-12-38(2)13-11-22;;;/h4,7-9,14-19,22H,3,5-6,10-13H2,1-2H3,(H,37,39)(H,34,35,36);3*1H. The second kappa shape index (κ2) is 10.7. The van der Waals surface area contributed by atoms with Crippen molar-refractivity contribution in [3.63, 3.8) is 0 Å². The Morgan fingerprint density at radius 3 is 2.79 bits per heavy atom. The number of hydrogen-bond acceptors (Lipinski definition) is 6. The van der Waals surface area contributed by atoms with Gasteiger partial charge >= 0.3 is 0 Å². The lowest BCUT2D eigenvalue weighted by Crippen LogP contribution is -2.36. The number of likely N-dealkylation sites (tertiary alicyclic amines) is 1. The average molecular weight is 531 g/mol. The van der Waals surface area contributed by atoms with E-state index in [0.29, 0.717) is 23.7 Å². The number of allylic oxidation sites excluding steroid dienone is 4. The number of carbonyl (C=O) groups is 1. The highest BCUT2D eigenvalue weighted by molar-refractivity contribution is 5.98. The summed E-state index contributed by atoms with van der Waals surface area (Å²) in [5.74, 6) is 0.189. The van der Waals surface area contributed by atoms with Crippen LogP contribution < -0.4 is 10.6 Å². The molecule has 6 rings (SSSR count). The van der Waals surface area contributed by atoms with Gasteiger partial charge in [-0.15, -0.1) is 0 Å². The lowest BCUT2D eigenvalue weighted by Gasteiger charge is -2.30. The first-order chi connectivity index (χ1) is 18.9. The fourth-order valence-electron chi connectivity index (χ4n) is 5.53. The zero-order valence-corrected chi connectivity index (χ0v) is 22.4. The molecule has 2 N–H and O–H groups in total. The molecule has 39 heavy (non-hydrogen) atoms. The predicted molar refractivity (Wildman–Crippen MR) is 158 cm³/mol. The minimum atomic E-state index is -0.295. The fraction of sp³-hybridized carbons (Fsp3) is 0.355. The highest BCUT2D eigenvalue weighted by atomic mass is 19.1. The highest BCUT2D eigenvalue weighted by Gasteiger charge is 2.22. The Bertz CT molecular complexity index is 1530. The van der Waals surface area contributed by atoms with Gasteiger partial charge in [-0.2, -0.15) is 0 Å². The third-order valence-corrected chi connectivity index (χ3v) is 7.97. The first-order valence-electron chi connectivity index (χ1n) is 13.7. The molecule has 3 heterocycles. The Hall–Kier alpha value is -3.91. The molecule has 1 unspecified atom stereocenters. The minimum absolute atomic E-state index is 0. The Labute approximate surface area is 232 Å². The van der Waals surface area contributed by atoms with Crippen molar-refractivity contribution in [2.75, 3.05) is 25.5 Å². The molecule has 1 amide bonds. The van der Waals surface area contributed by atoms with E-state index in [4.69, 9.17) is 0 Å². The molecule has 206 valence electrons. The SMILES string of the molecule is CC1CC=C(NC(=O)c2cnc3c(c2)C(c2ccc4ncnc(NC5CCN(C)CC5)c4c2)=CCC3)C=C1F.[HH].[HH].[HH]. The Morgan fingerprint density at radius 2 is 1.97 bits per heavy atom. The fourth-order valence-corrected chi connectivity index (χ4v) is 5.53. The number of nitrogens with zero attached hydrogens (tertiary/aromatic N) is 4. The molecule has 1 fully saturated rings. The number of hydrogen-bond donors (Lipinski definition) is 2. The highest BCUT2D eigenvalue weighted by Crippen LogP contribution is 2.34. The number of aromatic nitrogens is 3. The van der Waals surface area contributed by atoms with Gasteiger partial charge in [0, 0.05) is 44.8 Å². The van der Waals surface area contributed by atoms with E-state index in [-0.39, 0.29) is 21.9 Å². The molecular weight excluding hydrogens is 491 g/mol. The molecule has 0 bridgehead atoms. The maximum absolute atomic E-state index is 14.1. The molecule has 0 saturated carbocycles. The number of anilines is 1. The summed E-state index contributed by atoms with van der Waals surface area (Å²) in [6.07, 6.45) is 13.1. The van der Waals surface area contributed by atoms with Crippen molar-refractivity contribution in [1.82, 2.24) is 25.2 Å². The Morgan fingerprint density at radius 1 is 1.13 bits per heavy atom. The molecule has 3 aliphatic rings. The summed E-state index contributed by atoms with van der Waals surface area (Å²) in [5, 5.41) is 7.48. The van der Waals surface area contributed by atoms with Crippen molar-refractivity contribution in [1.29, 1.82) is 0 Å². The molecule has 8 heteroatoms. The van der Waals surface area contributed by atoms with E-state index >= 15 is 0 Å². The number of nitrogens with one attached hydrogen (secondary N) is 2. The maximum atomic E-state index is 14.1. The van der Waals surface area contributed by atoms with Crippen molar-refractivity contribution in [2.24, 2.45) is 5.92 Å². The van der Waals surface area contributed by atoms with Crippen molar-refractivity contribution in [2.45, 2.75) is 45.1 Å². The minimum Gasteiger partial charge on any atom is -0.367 e. The van der Waals surface area contributed by atoms with Crippen molar-refractivity contribution < 1.29 is 13.5 Å². The molecule has 2 aliphatic carbocycles. The summed E-state index contributed by atoms with van der Waals surface area (Å²) in [7, 11) is 2.16. The molecule has 2 aromatic heterocycles. The van der Waals surface area contributed by atoms with E-state index < -0.39 is 0 Å². The summed E-state index contributed by atoms with van der Waals surface area (Å²) in [5.41, 5.74) is 5.83. The van der Waals surface area contributed by atoms with Crippen LogP contribution in [0.25, 0.3) is 16.5 Å². The van der Waals surface area contributed by atoms with Crippen LogP contribution >= 0.6 is 0 Å². The van der Waals surface area contributed by atoms with Crippen LogP contribution in [-0.4, -0.2) is 51.9 Å². The zero-order chi connectivity index (χ0) is 26.9. The lowest BCUT2D eigenvalue weighted by atomic mass is 9.88. The van der Waals surface area contributed by atoms with E-state index in [1.165, 1.54) is 6.08 Å². The molecule has 0 spiro atoms. The van der Waals surface area contributed by atoms with E-state index in [1.807, 2.05) is 25.1 Å². The number of halogens is 1. The number of pyridine rings is 1. The van der Waals surface area contributed by atoms with Crippen molar-refractivity contribution in [3.05, 3.63) is 88.9 Å². The van der Waals surface area contributed by atoms with Gasteiger partial charge in [0.15, 0.2) is 0 Å². The van der Waals surface area contributed by atoms with Crippen LogP contribution in [0.4, 0.5) is 10.2 Å². The molecule has 7 nitrogen and oxygen atoms in total. The predicted octanol–water partition coefficient (Wildman–Crippen LogP) is 6.15. The van der Waals surface area contributed by atoms with Gasteiger partial charge in [0.2, 0.25) is 0 Å². The molecule has 3 aromatic rings. The van der Waals surface area contributed by atoms with Crippen LogP contribution in [-0.2, 0) is 6.42 Å². The van der Waals surface area contributed by atoms with E-state index in [0.717, 1.165) is 77.9 Å². The molecule has 1 atom stereocenters. The van der Waals surface area contributed by atoms with Crippen LogP contribution in [0.3, 0.4) is 0 Å². The van der Waals surface area contributed by atoms with Gasteiger partial charge in [-0.3, -0.25) is 9.78 Å². The van der Waals surface area contributed by atoms with E-state index in [1.54, 1.807) is 12.5 Å². The van der Waals surface area contributed by atoms with Crippen LogP contribution in [0, 0.1) is 5.92 Å². The first-order valence-corrected chi connectivity index (χ1v) is 13.7. The lowest BCUT2D eigenvalue weighted by molar-refractivity contribution is 0.0966. The van der Waals surface area contributed by atoms with Crippen LogP contribution in [0.1, 0.15) is 64.1 Å². The summed E-state index contributed by atoms with van der Waals surface area (Å²) < 4.78 is 14.1. The number of benzene rings is 1. The number of piperidine rings is 1. The monoisotopic (exact) mass is 530 g/mol. The third-order valence-electron chi connectivity index (χ3n) is 7.97. The van der Waals surface area contributed by atoms with Crippen LogP contribution in [0.5, 0.6) is 0 Å². The quantitative estimate of drug-likeness (QED) is 0.412. The van der Waals surface area contributed by atoms with Crippen LogP contribution in [0.2, 0.25) is 0 Å². The second-order valence-electron chi connectivity index (χ2n) is 10.8. The van der Waals surface area contributed by atoms with Gasteiger partial charge in [0.1, 0.15) is 18.0 Å². The zero-order valence-electron chi connectivity index (χ0n) is 22.4. The second-order valence-corrected chi connectivity index (χ2v) is 10.8. The third kappa shape index (κ3) is 5.34. The van der Waals surface area contributed by atoms with Crippen LogP contribution in [0.15, 0.2) is 66.5 Å². The number of carbonyl (C=O) groups excluding carboxylic acids is 1. The normalized spacial score (nSPS) is 20.1. The van der Waals surface area contributed by atoms with E-state index in [9.17, 15) is 9.18 Å². The first kappa shape index (κ1) is 25.4. The van der Waals surface area contributed by atoms with Crippen molar-refractivity contribution >= 4 is 28.2 Å². The smallest absolute Gasteiger partial charge is 0.257 e. The van der Waals surface area contributed by atoms with Gasteiger partial charge in [-0.1, -0.05) is 25.1 Å².